The van der Waals surface area contributed by atoms with Crippen molar-refractivity contribution >= 4 is 22.7 Å². The van der Waals surface area contributed by atoms with Crippen molar-refractivity contribution in [1.82, 2.24) is 20.8 Å². The molecule has 0 saturated carbocycles. The lowest BCUT2D eigenvalue weighted by Gasteiger charge is -2.17. The zero-order chi connectivity index (χ0) is 16.3. The van der Waals surface area contributed by atoms with Crippen LogP contribution in [0.5, 0.6) is 0 Å². The molecule has 0 unspecified atom stereocenters. The molecule has 0 radical (unpaired) electrons. The van der Waals surface area contributed by atoms with Crippen molar-refractivity contribution < 1.29 is 9.59 Å². The number of carbonyl (C=O) groups is 2. The number of aromatic amines is 1. The van der Waals surface area contributed by atoms with Crippen LogP contribution in [0.1, 0.15) is 36.8 Å². The van der Waals surface area contributed by atoms with Gasteiger partial charge >= 0.3 is 0 Å². The number of rotatable bonds is 4. The van der Waals surface area contributed by atoms with E-state index in [0.717, 1.165) is 16.5 Å². The molecular formula is C16H22N4O2. The van der Waals surface area contributed by atoms with Gasteiger partial charge in [0, 0.05) is 23.9 Å². The fourth-order valence-electron chi connectivity index (χ4n) is 2.00. The van der Waals surface area contributed by atoms with E-state index >= 15 is 0 Å². The second kappa shape index (κ2) is 6.17. The number of hydrogen-bond donors (Lipinski definition) is 3. The zero-order valence-corrected chi connectivity index (χ0v) is 13.4. The Morgan fingerprint density at radius 1 is 1.18 bits per heavy atom. The van der Waals surface area contributed by atoms with E-state index < -0.39 is 5.41 Å². The minimum Gasteiger partial charge on any atom is -0.354 e. The Bertz CT molecular complexity index is 698. The molecule has 1 heterocycles. The summed E-state index contributed by atoms with van der Waals surface area (Å²) in [4.78, 5) is 23.9. The van der Waals surface area contributed by atoms with Crippen LogP contribution >= 0.6 is 0 Å². The van der Waals surface area contributed by atoms with E-state index in [2.05, 4.69) is 20.8 Å². The molecule has 22 heavy (non-hydrogen) atoms. The van der Waals surface area contributed by atoms with Crippen LogP contribution in [-0.2, 0) is 4.79 Å². The van der Waals surface area contributed by atoms with Crippen LogP contribution in [-0.4, -0.2) is 35.1 Å². The van der Waals surface area contributed by atoms with Gasteiger partial charge in [0.25, 0.3) is 5.91 Å². The minimum atomic E-state index is -0.431. The molecule has 118 valence electrons. The molecule has 0 aliphatic carbocycles. The van der Waals surface area contributed by atoms with Crippen molar-refractivity contribution in [2.24, 2.45) is 5.41 Å². The Hall–Kier alpha value is -2.37. The van der Waals surface area contributed by atoms with Crippen LogP contribution in [0.25, 0.3) is 10.9 Å². The molecule has 2 amide bonds. The van der Waals surface area contributed by atoms with Crippen molar-refractivity contribution in [1.29, 1.82) is 0 Å². The molecule has 0 spiro atoms. The Morgan fingerprint density at radius 2 is 1.86 bits per heavy atom. The molecule has 0 fully saturated rings. The van der Waals surface area contributed by atoms with Gasteiger partial charge in [-0.3, -0.25) is 14.7 Å². The Balaban J connectivity index is 1.92. The van der Waals surface area contributed by atoms with Gasteiger partial charge in [-0.2, -0.15) is 5.10 Å². The van der Waals surface area contributed by atoms with Crippen LogP contribution < -0.4 is 10.6 Å². The van der Waals surface area contributed by atoms with Crippen molar-refractivity contribution in [3.05, 3.63) is 29.5 Å². The summed E-state index contributed by atoms with van der Waals surface area (Å²) in [5.74, 6) is -0.288. The smallest absolute Gasteiger partial charge is 0.272 e. The first-order valence-electron chi connectivity index (χ1n) is 7.30. The molecule has 2 aromatic rings. The maximum atomic E-state index is 12.2. The third kappa shape index (κ3) is 3.63. The highest BCUT2D eigenvalue weighted by Gasteiger charge is 2.20. The molecule has 2 rings (SSSR count). The highest BCUT2D eigenvalue weighted by atomic mass is 16.2. The molecule has 6 heteroatoms. The van der Waals surface area contributed by atoms with E-state index in [1.807, 2.05) is 45.9 Å². The highest BCUT2D eigenvalue weighted by molar-refractivity contribution is 6.04. The summed E-state index contributed by atoms with van der Waals surface area (Å²) in [5, 5.41) is 13.3. The molecular weight excluding hydrogens is 280 g/mol. The Kier molecular flexibility index (Phi) is 4.49. The van der Waals surface area contributed by atoms with Gasteiger partial charge in [-0.25, -0.2) is 0 Å². The van der Waals surface area contributed by atoms with Crippen molar-refractivity contribution in [3.63, 3.8) is 0 Å². The summed E-state index contributed by atoms with van der Waals surface area (Å²) in [6.07, 6.45) is 0. The summed E-state index contributed by atoms with van der Waals surface area (Å²) in [6, 6.07) is 5.79. The van der Waals surface area contributed by atoms with Crippen LogP contribution in [0.4, 0.5) is 0 Å². The predicted octanol–water partition coefficient (Wildman–Crippen LogP) is 1.76. The van der Waals surface area contributed by atoms with Crippen molar-refractivity contribution in [2.75, 3.05) is 13.1 Å². The molecule has 0 bridgehead atoms. The van der Waals surface area contributed by atoms with E-state index in [1.54, 1.807) is 0 Å². The Morgan fingerprint density at radius 3 is 2.55 bits per heavy atom. The average molecular weight is 302 g/mol. The fourth-order valence-corrected chi connectivity index (χ4v) is 2.00. The number of nitrogens with one attached hydrogen (secondary N) is 3. The zero-order valence-electron chi connectivity index (χ0n) is 13.4. The van der Waals surface area contributed by atoms with E-state index in [4.69, 9.17) is 0 Å². The lowest BCUT2D eigenvalue weighted by atomic mass is 9.96. The molecule has 1 aromatic carbocycles. The van der Waals surface area contributed by atoms with Crippen LogP contribution in [0.3, 0.4) is 0 Å². The summed E-state index contributed by atoms with van der Waals surface area (Å²) in [7, 11) is 0. The molecule has 0 aliphatic heterocycles. The van der Waals surface area contributed by atoms with Crippen LogP contribution in [0, 0.1) is 12.3 Å². The van der Waals surface area contributed by atoms with Gasteiger partial charge in [-0.1, -0.05) is 32.4 Å². The maximum Gasteiger partial charge on any atom is 0.272 e. The largest absolute Gasteiger partial charge is 0.354 e. The quantitative estimate of drug-likeness (QED) is 0.752. The Labute approximate surface area is 129 Å². The summed E-state index contributed by atoms with van der Waals surface area (Å²) in [6.45, 7) is 8.26. The van der Waals surface area contributed by atoms with Gasteiger partial charge in [0.2, 0.25) is 5.91 Å². The van der Waals surface area contributed by atoms with E-state index in [9.17, 15) is 9.59 Å². The molecule has 0 saturated heterocycles. The van der Waals surface area contributed by atoms with Gasteiger partial charge in [0.15, 0.2) is 5.69 Å². The van der Waals surface area contributed by atoms with Gasteiger partial charge in [0.1, 0.15) is 0 Å². The maximum absolute atomic E-state index is 12.2. The monoisotopic (exact) mass is 302 g/mol. The molecule has 0 atom stereocenters. The van der Waals surface area contributed by atoms with E-state index in [-0.39, 0.29) is 11.8 Å². The first-order chi connectivity index (χ1) is 10.3. The standard InChI is InChI=1S/C16H22N4O2/c1-10-5-6-12-11(9-10)13(20-19-12)14(21)17-7-8-18-15(22)16(2,3)4/h5-6,9H,7-8H2,1-4H3,(H,17,21)(H,18,22)(H,19,20). The van der Waals surface area contributed by atoms with Crippen molar-refractivity contribution in [2.45, 2.75) is 27.7 Å². The first kappa shape index (κ1) is 16.0. The van der Waals surface area contributed by atoms with Gasteiger partial charge < -0.3 is 10.6 Å². The number of carbonyl (C=O) groups excluding carboxylic acids is 2. The molecule has 6 nitrogen and oxygen atoms in total. The fraction of sp³-hybridized carbons (Fsp3) is 0.438. The number of nitrogens with zero attached hydrogens (tertiary/aromatic N) is 1. The third-order valence-electron chi connectivity index (χ3n) is 3.31. The number of aromatic nitrogens is 2. The lowest BCUT2D eigenvalue weighted by Crippen LogP contribution is -2.40. The minimum absolute atomic E-state index is 0.0393. The number of amides is 2. The second-order valence-electron chi connectivity index (χ2n) is 6.38. The number of benzene rings is 1. The normalized spacial score (nSPS) is 11.5. The highest BCUT2D eigenvalue weighted by Crippen LogP contribution is 2.17. The van der Waals surface area contributed by atoms with Gasteiger partial charge in [-0.15, -0.1) is 0 Å². The number of hydrogen-bond acceptors (Lipinski definition) is 3. The number of fused-ring (bicyclic) bond motifs is 1. The molecule has 3 N–H and O–H groups in total. The van der Waals surface area contributed by atoms with Crippen molar-refractivity contribution in [3.8, 4) is 0 Å². The van der Waals surface area contributed by atoms with Crippen LogP contribution in [0.15, 0.2) is 18.2 Å². The SMILES string of the molecule is Cc1ccc2[nH]nc(C(=O)NCCNC(=O)C(C)(C)C)c2c1. The average Bonchev–Trinajstić information content (AvgIpc) is 2.85. The first-order valence-corrected chi connectivity index (χ1v) is 7.30. The summed E-state index contributed by atoms with van der Waals surface area (Å²) < 4.78 is 0. The molecule has 0 aliphatic rings. The van der Waals surface area contributed by atoms with Gasteiger partial charge in [-0.05, 0) is 19.1 Å². The summed E-state index contributed by atoms with van der Waals surface area (Å²) in [5.41, 5.74) is 1.85. The van der Waals surface area contributed by atoms with Gasteiger partial charge in [0.05, 0.1) is 5.52 Å². The topological polar surface area (TPSA) is 86.9 Å². The number of aryl methyl sites for hydroxylation is 1. The van der Waals surface area contributed by atoms with E-state index in [0.29, 0.717) is 18.8 Å². The predicted molar refractivity (Wildman–Crippen MR) is 85.6 cm³/mol. The van der Waals surface area contributed by atoms with E-state index in [1.165, 1.54) is 0 Å². The second-order valence-corrected chi connectivity index (χ2v) is 6.38. The van der Waals surface area contributed by atoms with Crippen LogP contribution in [0.2, 0.25) is 0 Å². The molecule has 1 aromatic heterocycles. The summed E-state index contributed by atoms with van der Waals surface area (Å²) >= 11 is 0. The lowest BCUT2D eigenvalue weighted by molar-refractivity contribution is -0.128. The third-order valence-corrected chi connectivity index (χ3v) is 3.31. The number of H-pyrrole nitrogens is 1.